The van der Waals surface area contributed by atoms with Crippen molar-refractivity contribution in [2.45, 2.75) is 26.9 Å². The zero-order valence-corrected chi connectivity index (χ0v) is 11.4. The van der Waals surface area contributed by atoms with Gasteiger partial charge in [0, 0.05) is 0 Å². The van der Waals surface area contributed by atoms with E-state index in [-0.39, 0.29) is 6.10 Å². The Morgan fingerprint density at radius 1 is 1.14 bits per heavy atom. The number of hydrogen-bond donors (Lipinski definition) is 1. The fraction of sp³-hybridized carbons (Fsp3) is 0.455. The Morgan fingerprint density at radius 3 is 2.43 bits per heavy atom. The van der Waals surface area contributed by atoms with Crippen LogP contribution in [0.1, 0.15) is 18.1 Å². The maximum atomic E-state index is 10.2. The van der Waals surface area contributed by atoms with Crippen LogP contribution in [0.3, 0.4) is 0 Å². The van der Waals surface area contributed by atoms with Gasteiger partial charge in [-0.15, -0.1) is 0 Å². The van der Waals surface area contributed by atoms with Gasteiger partial charge in [-0.05, 0) is 0 Å². The molecule has 0 spiro atoms. The molecule has 0 saturated carbocycles. The van der Waals surface area contributed by atoms with Gasteiger partial charge < -0.3 is 0 Å². The summed E-state index contributed by atoms with van der Waals surface area (Å²) in [6, 6.07) is 10.1. The molecule has 0 aliphatic carbocycles. The van der Waals surface area contributed by atoms with Crippen LogP contribution in [0.15, 0.2) is 30.3 Å². The fourth-order valence-corrected chi connectivity index (χ4v) is 9.48. The molecule has 1 aliphatic heterocycles. The monoisotopic (exact) mass is 322 g/mol. The number of benzene rings is 1. The quantitative estimate of drug-likeness (QED) is 0.828. The summed E-state index contributed by atoms with van der Waals surface area (Å²) in [5.41, 5.74) is 1.11. The van der Waals surface area contributed by atoms with E-state index < -0.39 is 0 Å². The molecule has 1 unspecified atom stereocenters. The molecule has 1 aromatic rings. The Morgan fingerprint density at radius 2 is 1.79 bits per heavy atom. The van der Waals surface area contributed by atoms with E-state index in [9.17, 15) is 5.11 Å². The van der Waals surface area contributed by atoms with Crippen molar-refractivity contribution in [1.29, 1.82) is 0 Å². The van der Waals surface area contributed by atoms with Gasteiger partial charge in [0.2, 0.25) is 0 Å². The average molecular weight is 320 g/mol. The van der Waals surface area contributed by atoms with Crippen LogP contribution in [0.2, 0.25) is 14.4 Å². The van der Waals surface area contributed by atoms with Crippen molar-refractivity contribution in [3.63, 3.8) is 0 Å². The van der Waals surface area contributed by atoms with Crippen LogP contribution in [0.25, 0.3) is 0 Å². The third-order valence-corrected chi connectivity index (χ3v) is 9.88. The van der Waals surface area contributed by atoms with Gasteiger partial charge in [-0.25, -0.2) is 0 Å². The van der Waals surface area contributed by atoms with Gasteiger partial charge in [-0.2, -0.15) is 0 Å². The predicted molar refractivity (Wildman–Crippen MR) is 60.9 cm³/mol. The first kappa shape index (κ1) is 10.7. The van der Waals surface area contributed by atoms with Crippen LogP contribution in [-0.4, -0.2) is 35.0 Å². The first-order valence-corrected chi connectivity index (χ1v) is 9.24. The summed E-state index contributed by atoms with van der Waals surface area (Å²) in [5, 5.41) is 12.9. The molecule has 1 aromatic carbocycles. The van der Waals surface area contributed by atoms with Crippen LogP contribution in [0.5, 0.6) is 0 Å². The van der Waals surface area contributed by atoms with E-state index in [4.69, 9.17) is 0 Å². The summed E-state index contributed by atoms with van der Waals surface area (Å²) in [4.78, 5) is 0. The number of aliphatic hydroxyl groups excluding tert-OH is 1. The molecule has 14 heavy (non-hydrogen) atoms. The van der Waals surface area contributed by atoms with E-state index >= 15 is 0 Å². The van der Waals surface area contributed by atoms with Gasteiger partial charge in [0.25, 0.3) is 0 Å². The van der Waals surface area contributed by atoms with Crippen molar-refractivity contribution in [3.05, 3.63) is 35.9 Å². The third-order valence-electron chi connectivity index (χ3n) is 2.25. The van der Waals surface area contributed by atoms with Crippen molar-refractivity contribution in [2.75, 3.05) is 0 Å². The molecule has 1 nitrogen and oxygen atoms in total. The molecule has 0 bridgehead atoms. The number of aliphatic hydroxyl groups is 1. The molecule has 0 aromatic heterocycles. The maximum absolute atomic E-state index is 10.2. The standard InChI is InChI=1S/C11H14OSe2/c12-10(9-5-2-1-3-6-9)11-13-7-4-8-14-11/h1-3,5-6,10-12H,4,7-8H2. The zero-order valence-electron chi connectivity index (χ0n) is 7.93. The van der Waals surface area contributed by atoms with Gasteiger partial charge in [-0.3, -0.25) is 0 Å². The summed E-state index contributed by atoms with van der Waals surface area (Å²) >= 11 is 1.35. The third kappa shape index (κ3) is 2.62. The Balaban J connectivity index is 2.03. The summed E-state index contributed by atoms with van der Waals surface area (Å²) < 4.78 is 0.617. The Kier molecular flexibility index (Phi) is 4.09. The van der Waals surface area contributed by atoms with E-state index in [0.717, 1.165) is 5.56 Å². The predicted octanol–water partition coefficient (Wildman–Crippen LogP) is 2.11. The Hall–Kier alpha value is 0.219. The van der Waals surface area contributed by atoms with Crippen molar-refractivity contribution < 1.29 is 5.11 Å². The van der Waals surface area contributed by atoms with Crippen molar-refractivity contribution >= 4 is 29.9 Å². The first-order chi connectivity index (χ1) is 6.88. The molecule has 1 atom stereocenters. The molecule has 1 saturated heterocycles. The van der Waals surface area contributed by atoms with Gasteiger partial charge in [0.05, 0.1) is 0 Å². The molecule has 1 fully saturated rings. The normalized spacial score (nSPS) is 20.6. The van der Waals surface area contributed by atoms with E-state index in [1.807, 2.05) is 30.3 Å². The Labute approximate surface area is 97.6 Å². The van der Waals surface area contributed by atoms with E-state index in [2.05, 4.69) is 0 Å². The minimum absolute atomic E-state index is 0.184. The van der Waals surface area contributed by atoms with Gasteiger partial charge >= 0.3 is 97.8 Å². The van der Waals surface area contributed by atoms with Gasteiger partial charge in [0.15, 0.2) is 0 Å². The molecular weight excluding hydrogens is 306 g/mol. The van der Waals surface area contributed by atoms with E-state index in [1.165, 1.54) is 17.1 Å². The van der Waals surface area contributed by atoms with Crippen LogP contribution in [0, 0.1) is 0 Å². The summed E-state index contributed by atoms with van der Waals surface area (Å²) in [5.74, 6) is 0. The number of rotatable bonds is 2. The number of hydrogen-bond acceptors (Lipinski definition) is 1. The molecule has 0 amide bonds. The zero-order chi connectivity index (χ0) is 9.80. The van der Waals surface area contributed by atoms with Gasteiger partial charge in [0.1, 0.15) is 0 Å². The second-order valence-corrected chi connectivity index (χ2v) is 10.1. The summed E-state index contributed by atoms with van der Waals surface area (Å²) in [7, 11) is 0. The average Bonchev–Trinajstić information content (AvgIpc) is 2.30. The van der Waals surface area contributed by atoms with E-state index in [1.54, 1.807) is 0 Å². The van der Waals surface area contributed by atoms with Crippen LogP contribution in [-0.2, 0) is 0 Å². The van der Waals surface area contributed by atoms with Crippen LogP contribution < -0.4 is 0 Å². The molecule has 76 valence electrons. The summed E-state index contributed by atoms with van der Waals surface area (Å²) in [6.07, 6.45) is 1.22. The summed E-state index contributed by atoms with van der Waals surface area (Å²) in [6.45, 7) is 0. The topological polar surface area (TPSA) is 20.2 Å². The second-order valence-electron chi connectivity index (χ2n) is 3.32. The van der Waals surface area contributed by atoms with Crippen molar-refractivity contribution in [3.8, 4) is 0 Å². The molecule has 1 aliphatic rings. The molecule has 0 radical (unpaired) electrons. The molecule has 1 heterocycles. The molecule has 1 N–H and O–H groups in total. The van der Waals surface area contributed by atoms with Crippen LogP contribution in [0.4, 0.5) is 0 Å². The van der Waals surface area contributed by atoms with Crippen molar-refractivity contribution in [1.82, 2.24) is 0 Å². The second kappa shape index (κ2) is 5.34. The van der Waals surface area contributed by atoms with Crippen molar-refractivity contribution in [2.24, 2.45) is 0 Å². The first-order valence-electron chi connectivity index (χ1n) is 4.84. The molecule has 3 heteroatoms. The Bertz CT molecular complexity index is 270. The van der Waals surface area contributed by atoms with Crippen LogP contribution >= 0.6 is 0 Å². The molecule has 2 rings (SSSR count). The minimum atomic E-state index is -0.184. The van der Waals surface area contributed by atoms with Gasteiger partial charge in [-0.1, -0.05) is 0 Å². The van der Waals surface area contributed by atoms with E-state index in [0.29, 0.717) is 33.6 Å². The SMILES string of the molecule is OC(c1ccccc1)C1[Se]CCC[Se]1. The molecular formula is C11H14OSe2. The fourth-order valence-electron chi connectivity index (χ4n) is 1.50.